The van der Waals surface area contributed by atoms with Crippen LogP contribution in [0, 0.1) is 17.6 Å². The first-order valence-electron chi connectivity index (χ1n) is 9.95. The van der Waals surface area contributed by atoms with Crippen LogP contribution in [0.1, 0.15) is 54.8 Å². The van der Waals surface area contributed by atoms with Crippen molar-refractivity contribution in [3.05, 3.63) is 65.6 Å². The summed E-state index contributed by atoms with van der Waals surface area (Å²) in [5, 5.41) is 12.7. The lowest BCUT2D eigenvalue weighted by Gasteiger charge is -2.26. The van der Waals surface area contributed by atoms with Gasteiger partial charge in [-0.25, -0.2) is 8.78 Å². The Balaban J connectivity index is 1.36. The highest BCUT2D eigenvalue weighted by Crippen LogP contribution is 2.35. The van der Waals surface area contributed by atoms with Gasteiger partial charge in [-0.2, -0.15) is 0 Å². The first-order chi connectivity index (χ1) is 14.5. The van der Waals surface area contributed by atoms with E-state index in [-0.39, 0.29) is 17.6 Å². The highest BCUT2D eigenvalue weighted by atomic mass is 19.2. The van der Waals surface area contributed by atoms with Gasteiger partial charge in [0.1, 0.15) is 0 Å². The molecule has 2 aromatic carbocycles. The summed E-state index contributed by atoms with van der Waals surface area (Å²) in [6.45, 7) is 2.30. The summed E-state index contributed by atoms with van der Waals surface area (Å²) in [7, 11) is 0. The Bertz CT molecular complexity index is 1030. The Kier molecular flexibility index (Phi) is 5.74. The largest absolute Gasteiger partial charge is 0.399 e. The van der Waals surface area contributed by atoms with Crippen LogP contribution in [0.4, 0.5) is 26.2 Å². The smallest absolute Gasteiger partial charge is 0.320 e. The Labute approximate surface area is 172 Å². The molecule has 0 bridgehead atoms. The van der Waals surface area contributed by atoms with E-state index in [0.717, 1.165) is 18.1 Å². The van der Waals surface area contributed by atoms with E-state index in [2.05, 4.69) is 27.8 Å². The van der Waals surface area contributed by atoms with Crippen LogP contribution in [0.2, 0.25) is 0 Å². The number of amides is 1. The highest BCUT2D eigenvalue weighted by Gasteiger charge is 2.20. The fraction of sp³-hybridized carbons (Fsp3) is 0.318. The van der Waals surface area contributed by atoms with Gasteiger partial charge in [-0.1, -0.05) is 37.0 Å². The van der Waals surface area contributed by atoms with Gasteiger partial charge in [-0.05, 0) is 54.5 Å². The van der Waals surface area contributed by atoms with E-state index in [1.807, 2.05) is 24.3 Å². The SMILES string of the molecule is CC1CCC(c2ccc(NC(=O)c3nnc(Nc4ccc(F)c(F)c4)o3)cc2)CC1. The number of halogens is 2. The van der Waals surface area contributed by atoms with Crippen LogP contribution >= 0.6 is 0 Å². The summed E-state index contributed by atoms with van der Waals surface area (Å²) in [6.07, 6.45) is 4.90. The summed E-state index contributed by atoms with van der Waals surface area (Å²) in [4.78, 5) is 12.4. The molecule has 0 saturated heterocycles. The number of rotatable bonds is 5. The molecule has 8 heteroatoms. The second-order valence-corrected chi connectivity index (χ2v) is 7.70. The monoisotopic (exact) mass is 412 g/mol. The number of aromatic nitrogens is 2. The zero-order valence-electron chi connectivity index (χ0n) is 16.5. The second kappa shape index (κ2) is 8.61. The number of hydrogen-bond donors (Lipinski definition) is 2. The maximum atomic E-state index is 13.3. The maximum absolute atomic E-state index is 13.3. The van der Waals surface area contributed by atoms with Gasteiger partial charge in [-0.3, -0.25) is 4.79 Å². The van der Waals surface area contributed by atoms with Crippen molar-refractivity contribution in [3.63, 3.8) is 0 Å². The topological polar surface area (TPSA) is 80.0 Å². The normalized spacial score (nSPS) is 18.8. The molecule has 0 spiro atoms. The van der Waals surface area contributed by atoms with E-state index in [0.29, 0.717) is 11.6 Å². The number of nitrogens with one attached hydrogen (secondary N) is 2. The number of carbonyl (C=O) groups excluding carboxylic acids is 1. The lowest BCUT2D eigenvalue weighted by atomic mass is 9.79. The highest BCUT2D eigenvalue weighted by molar-refractivity contribution is 6.00. The van der Waals surface area contributed by atoms with E-state index < -0.39 is 17.5 Å². The third-order valence-electron chi connectivity index (χ3n) is 5.45. The zero-order valence-corrected chi connectivity index (χ0v) is 16.5. The third-order valence-corrected chi connectivity index (χ3v) is 5.45. The van der Waals surface area contributed by atoms with Gasteiger partial charge < -0.3 is 15.1 Å². The molecule has 3 aromatic rings. The van der Waals surface area contributed by atoms with Crippen molar-refractivity contribution < 1.29 is 18.0 Å². The van der Waals surface area contributed by atoms with Crippen molar-refractivity contribution >= 4 is 23.3 Å². The van der Waals surface area contributed by atoms with Gasteiger partial charge in [0.2, 0.25) is 0 Å². The van der Waals surface area contributed by atoms with Gasteiger partial charge in [-0.15, -0.1) is 5.10 Å². The van der Waals surface area contributed by atoms with Crippen molar-refractivity contribution in [2.45, 2.75) is 38.5 Å². The molecule has 1 amide bonds. The molecule has 0 unspecified atom stereocenters. The van der Waals surface area contributed by atoms with Crippen LogP contribution in [0.15, 0.2) is 46.9 Å². The molecule has 0 atom stereocenters. The Morgan fingerprint density at radius 1 is 0.967 bits per heavy atom. The van der Waals surface area contributed by atoms with E-state index in [1.54, 1.807) is 0 Å². The van der Waals surface area contributed by atoms with Gasteiger partial charge in [0.25, 0.3) is 0 Å². The number of anilines is 3. The molecule has 1 saturated carbocycles. The van der Waals surface area contributed by atoms with E-state index in [4.69, 9.17) is 4.42 Å². The molecule has 6 nitrogen and oxygen atoms in total. The lowest BCUT2D eigenvalue weighted by Crippen LogP contribution is -2.13. The van der Waals surface area contributed by atoms with Crippen molar-refractivity contribution in [3.8, 4) is 0 Å². The molecule has 1 aliphatic rings. The summed E-state index contributed by atoms with van der Waals surface area (Å²) >= 11 is 0. The van der Waals surface area contributed by atoms with E-state index >= 15 is 0 Å². The fourth-order valence-corrected chi connectivity index (χ4v) is 3.68. The average Bonchev–Trinajstić information content (AvgIpc) is 3.21. The zero-order chi connectivity index (χ0) is 21.1. The Hall–Kier alpha value is -3.29. The van der Waals surface area contributed by atoms with Crippen molar-refractivity contribution in [1.29, 1.82) is 0 Å². The summed E-state index contributed by atoms with van der Waals surface area (Å²) in [5.74, 6) is -1.40. The minimum Gasteiger partial charge on any atom is -0.399 e. The Morgan fingerprint density at radius 2 is 1.67 bits per heavy atom. The quantitative estimate of drug-likeness (QED) is 0.567. The standard InChI is InChI=1S/C22H22F2N4O2/c1-13-2-4-14(5-3-13)15-6-8-16(9-7-15)25-20(29)21-27-28-22(30-21)26-17-10-11-18(23)19(24)12-17/h6-14H,2-5H2,1H3,(H,25,29)(H,26,28). The fourth-order valence-electron chi connectivity index (χ4n) is 3.68. The minimum atomic E-state index is -1.01. The van der Waals surface area contributed by atoms with Crippen molar-refractivity contribution in [2.24, 2.45) is 5.92 Å². The third kappa shape index (κ3) is 4.64. The molecule has 1 heterocycles. The predicted molar refractivity (Wildman–Crippen MR) is 109 cm³/mol. The first-order valence-corrected chi connectivity index (χ1v) is 9.95. The van der Waals surface area contributed by atoms with Crippen molar-refractivity contribution in [1.82, 2.24) is 10.2 Å². The van der Waals surface area contributed by atoms with Crippen LogP contribution in [0.5, 0.6) is 0 Å². The molecule has 1 aliphatic carbocycles. The first kappa shape index (κ1) is 20.0. The van der Waals surface area contributed by atoms with E-state index in [9.17, 15) is 13.6 Å². The second-order valence-electron chi connectivity index (χ2n) is 7.70. The van der Waals surface area contributed by atoms with Crippen LogP contribution < -0.4 is 10.6 Å². The van der Waals surface area contributed by atoms with Crippen LogP contribution in [-0.4, -0.2) is 16.1 Å². The lowest BCUT2D eigenvalue weighted by molar-refractivity contribution is 0.0991. The molecular formula is C22H22F2N4O2. The van der Waals surface area contributed by atoms with Gasteiger partial charge >= 0.3 is 17.8 Å². The number of hydrogen-bond acceptors (Lipinski definition) is 5. The number of nitrogens with zero attached hydrogens (tertiary/aromatic N) is 2. The molecule has 0 aliphatic heterocycles. The molecule has 30 heavy (non-hydrogen) atoms. The van der Waals surface area contributed by atoms with Crippen LogP contribution in [-0.2, 0) is 0 Å². The number of carbonyl (C=O) groups is 1. The molecule has 2 N–H and O–H groups in total. The summed E-state index contributed by atoms with van der Waals surface area (Å²) < 4.78 is 31.5. The van der Waals surface area contributed by atoms with Crippen LogP contribution in [0.3, 0.4) is 0 Å². The molecule has 4 rings (SSSR count). The number of benzene rings is 2. The van der Waals surface area contributed by atoms with Crippen molar-refractivity contribution in [2.75, 3.05) is 10.6 Å². The van der Waals surface area contributed by atoms with Crippen LogP contribution in [0.25, 0.3) is 0 Å². The Morgan fingerprint density at radius 3 is 2.37 bits per heavy atom. The molecule has 1 aromatic heterocycles. The van der Waals surface area contributed by atoms with Gasteiger partial charge in [0.05, 0.1) is 0 Å². The van der Waals surface area contributed by atoms with Gasteiger partial charge in [0.15, 0.2) is 11.6 Å². The molecule has 0 radical (unpaired) electrons. The van der Waals surface area contributed by atoms with Gasteiger partial charge in [0, 0.05) is 17.4 Å². The van der Waals surface area contributed by atoms with E-state index in [1.165, 1.54) is 37.3 Å². The maximum Gasteiger partial charge on any atom is 0.320 e. The minimum absolute atomic E-state index is 0.104. The summed E-state index contributed by atoms with van der Waals surface area (Å²) in [6, 6.07) is 10.9. The molecular weight excluding hydrogens is 390 g/mol. The average molecular weight is 412 g/mol. The molecule has 1 fully saturated rings. The summed E-state index contributed by atoms with van der Waals surface area (Å²) in [5.41, 5.74) is 2.13. The predicted octanol–water partition coefficient (Wildman–Crippen LogP) is 5.64. The molecule has 156 valence electrons.